The quantitative estimate of drug-likeness (QED) is 0.581. The molecule has 0 aliphatic carbocycles. The lowest BCUT2D eigenvalue weighted by Gasteiger charge is -2.43. The van der Waals surface area contributed by atoms with Crippen LogP contribution < -0.4 is 0 Å². The van der Waals surface area contributed by atoms with Crippen LogP contribution in [0.15, 0.2) is 91.0 Å². The molecule has 3 aromatic carbocycles. The molecule has 5 heteroatoms. The van der Waals surface area contributed by atoms with Crippen LogP contribution in [0.5, 0.6) is 0 Å². The van der Waals surface area contributed by atoms with Crippen LogP contribution in [0, 0.1) is 0 Å². The molecular weight excluding hydrogens is 424 g/mol. The summed E-state index contributed by atoms with van der Waals surface area (Å²) in [4.78, 5) is 31.0. The summed E-state index contributed by atoms with van der Waals surface area (Å²) in [6, 6.07) is 30.0. The summed E-state index contributed by atoms with van der Waals surface area (Å²) in [6.45, 7) is 2.25. The van der Waals surface area contributed by atoms with Crippen LogP contribution in [0.2, 0.25) is 0 Å². The topological polar surface area (TPSA) is 49.9 Å². The smallest absolute Gasteiger partial charge is 0.242 e. The lowest BCUT2D eigenvalue weighted by atomic mass is 9.68. The van der Waals surface area contributed by atoms with Crippen LogP contribution in [0.3, 0.4) is 0 Å². The Labute approximate surface area is 201 Å². The summed E-state index contributed by atoms with van der Waals surface area (Å²) in [5.41, 5.74) is 2.28. The highest BCUT2D eigenvalue weighted by molar-refractivity contribution is 5.95. The fourth-order valence-corrected chi connectivity index (χ4v) is 5.32. The number of hydrogen-bond acceptors (Lipinski definition) is 3. The molecule has 174 valence electrons. The van der Waals surface area contributed by atoms with E-state index in [1.54, 1.807) is 4.90 Å². The Bertz CT molecular complexity index is 1080. The van der Waals surface area contributed by atoms with E-state index in [-0.39, 0.29) is 24.5 Å². The Morgan fingerprint density at radius 3 is 2.06 bits per heavy atom. The van der Waals surface area contributed by atoms with Gasteiger partial charge < -0.3 is 14.5 Å². The van der Waals surface area contributed by atoms with E-state index in [2.05, 4.69) is 0 Å². The molecular formula is C29H30N2O3. The van der Waals surface area contributed by atoms with Gasteiger partial charge in [0.1, 0.15) is 6.10 Å². The average Bonchev–Trinajstić information content (AvgIpc) is 2.91. The second-order valence-electron chi connectivity index (χ2n) is 9.08. The minimum absolute atomic E-state index is 0.0115. The van der Waals surface area contributed by atoms with Crippen LogP contribution >= 0.6 is 0 Å². The Morgan fingerprint density at radius 1 is 0.853 bits per heavy atom. The molecule has 2 heterocycles. The molecule has 1 unspecified atom stereocenters. The van der Waals surface area contributed by atoms with Gasteiger partial charge in [-0.2, -0.15) is 0 Å². The second-order valence-corrected chi connectivity index (χ2v) is 9.08. The molecule has 0 saturated carbocycles. The summed E-state index contributed by atoms with van der Waals surface area (Å²) < 4.78 is 5.93. The van der Waals surface area contributed by atoms with E-state index in [0.29, 0.717) is 26.2 Å². The third-order valence-corrected chi connectivity index (χ3v) is 7.08. The molecule has 2 fully saturated rings. The fourth-order valence-electron chi connectivity index (χ4n) is 5.32. The molecule has 5 rings (SSSR count). The number of likely N-dealkylation sites (tertiary alicyclic amines) is 1. The maximum Gasteiger partial charge on any atom is 0.242 e. The first-order valence-electron chi connectivity index (χ1n) is 12.0. The van der Waals surface area contributed by atoms with Gasteiger partial charge in [-0.05, 0) is 29.5 Å². The fraction of sp³-hybridized carbons (Fsp3) is 0.310. The molecule has 0 radical (unpaired) electrons. The molecule has 2 saturated heterocycles. The predicted octanol–water partition coefficient (Wildman–Crippen LogP) is 4.20. The molecule has 34 heavy (non-hydrogen) atoms. The van der Waals surface area contributed by atoms with Crippen LogP contribution in [-0.4, -0.2) is 54.4 Å². The number of amides is 2. The number of nitrogens with zero attached hydrogens (tertiary/aromatic N) is 2. The van der Waals surface area contributed by atoms with Crippen molar-refractivity contribution in [3.8, 4) is 0 Å². The van der Waals surface area contributed by atoms with Gasteiger partial charge in [0, 0.05) is 13.1 Å². The third kappa shape index (κ3) is 4.24. The first kappa shape index (κ1) is 22.4. The monoisotopic (exact) mass is 454 g/mol. The van der Waals surface area contributed by atoms with Gasteiger partial charge in [0.05, 0.1) is 25.1 Å². The lowest BCUT2D eigenvalue weighted by molar-refractivity contribution is -0.149. The molecule has 2 amide bonds. The van der Waals surface area contributed by atoms with Crippen molar-refractivity contribution in [3.05, 3.63) is 108 Å². The SMILES string of the molecule is O=C(CN1CCCC(c2ccccc2)(c2ccccc2)C1=O)N1CCOC(c2ccccc2)C1. The predicted molar refractivity (Wildman–Crippen MR) is 131 cm³/mol. The van der Waals surface area contributed by atoms with Crippen LogP contribution in [0.25, 0.3) is 0 Å². The number of carbonyl (C=O) groups excluding carboxylic acids is 2. The van der Waals surface area contributed by atoms with Gasteiger partial charge in [0.25, 0.3) is 0 Å². The van der Waals surface area contributed by atoms with Crippen LogP contribution in [-0.2, 0) is 19.7 Å². The van der Waals surface area contributed by atoms with E-state index in [1.807, 2.05) is 95.9 Å². The van der Waals surface area contributed by atoms with E-state index in [9.17, 15) is 9.59 Å². The number of morpholine rings is 1. The van der Waals surface area contributed by atoms with Crippen molar-refractivity contribution in [1.82, 2.24) is 9.80 Å². The molecule has 2 aliphatic heterocycles. The van der Waals surface area contributed by atoms with Crippen molar-refractivity contribution in [2.75, 3.05) is 32.8 Å². The van der Waals surface area contributed by atoms with Crippen molar-refractivity contribution >= 4 is 11.8 Å². The minimum atomic E-state index is -0.765. The normalized spacial score (nSPS) is 20.2. The number of carbonyl (C=O) groups is 2. The van der Waals surface area contributed by atoms with Gasteiger partial charge >= 0.3 is 0 Å². The largest absolute Gasteiger partial charge is 0.370 e. The summed E-state index contributed by atoms with van der Waals surface area (Å²) in [5.74, 6) is -0.00752. The molecule has 0 spiro atoms. The minimum Gasteiger partial charge on any atom is -0.370 e. The highest BCUT2D eigenvalue weighted by Crippen LogP contribution is 2.41. The molecule has 3 aromatic rings. The van der Waals surface area contributed by atoms with Crippen LogP contribution in [0.1, 0.15) is 35.6 Å². The summed E-state index contributed by atoms with van der Waals surface area (Å²) >= 11 is 0. The first-order chi connectivity index (χ1) is 16.7. The first-order valence-corrected chi connectivity index (χ1v) is 12.0. The standard InChI is InChI=1S/C29H30N2O3/c32-27(30-19-20-34-26(21-30)23-11-4-1-5-12-23)22-31-18-10-17-29(28(31)33,24-13-6-2-7-14-24)25-15-8-3-9-16-25/h1-9,11-16,26H,10,17-22H2. The highest BCUT2D eigenvalue weighted by Gasteiger charge is 2.47. The third-order valence-electron chi connectivity index (χ3n) is 7.08. The van der Waals surface area contributed by atoms with Gasteiger partial charge in [0.2, 0.25) is 11.8 Å². The Kier molecular flexibility index (Phi) is 6.45. The van der Waals surface area contributed by atoms with Gasteiger partial charge in [-0.15, -0.1) is 0 Å². The summed E-state index contributed by atoms with van der Waals surface area (Å²) in [7, 11) is 0. The molecule has 0 bridgehead atoms. The molecule has 0 aromatic heterocycles. The number of rotatable bonds is 5. The zero-order chi connectivity index (χ0) is 23.4. The van der Waals surface area contributed by atoms with Crippen molar-refractivity contribution in [1.29, 1.82) is 0 Å². The highest BCUT2D eigenvalue weighted by atomic mass is 16.5. The van der Waals surface area contributed by atoms with E-state index >= 15 is 0 Å². The van der Waals surface area contributed by atoms with E-state index in [0.717, 1.165) is 29.5 Å². The van der Waals surface area contributed by atoms with Crippen molar-refractivity contribution in [2.24, 2.45) is 0 Å². The number of hydrogen-bond donors (Lipinski definition) is 0. The van der Waals surface area contributed by atoms with Crippen LogP contribution in [0.4, 0.5) is 0 Å². The summed E-state index contributed by atoms with van der Waals surface area (Å²) in [6.07, 6.45) is 1.44. The molecule has 5 nitrogen and oxygen atoms in total. The average molecular weight is 455 g/mol. The summed E-state index contributed by atoms with van der Waals surface area (Å²) in [5, 5.41) is 0. The van der Waals surface area contributed by atoms with E-state index < -0.39 is 5.41 Å². The van der Waals surface area contributed by atoms with E-state index in [1.165, 1.54) is 0 Å². The molecule has 0 N–H and O–H groups in total. The zero-order valence-electron chi connectivity index (χ0n) is 19.3. The van der Waals surface area contributed by atoms with Crippen molar-refractivity contribution in [2.45, 2.75) is 24.4 Å². The number of ether oxygens (including phenoxy) is 1. The van der Waals surface area contributed by atoms with Crippen molar-refractivity contribution in [3.63, 3.8) is 0 Å². The van der Waals surface area contributed by atoms with Gasteiger partial charge in [0.15, 0.2) is 0 Å². The van der Waals surface area contributed by atoms with Gasteiger partial charge in [-0.3, -0.25) is 9.59 Å². The number of benzene rings is 3. The second kappa shape index (κ2) is 9.82. The van der Waals surface area contributed by atoms with Gasteiger partial charge in [-0.25, -0.2) is 0 Å². The molecule has 1 atom stereocenters. The van der Waals surface area contributed by atoms with Gasteiger partial charge in [-0.1, -0.05) is 91.0 Å². The Balaban J connectivity index is 1.37. The maximum absolute atomic E-state index is 14.1. The molecule has 2 aliphatic rings. The Morgan fingerprint density at radius 2 is 1.44 bits per heavy atom. The van der Waals surface area contributed by atoms with E-state index in [4.69, 9.17) is 4.74 Å². The Hall–Kier alpha value is -3.44. The number of piperidine rings is 1. The maximum atomic E-state index is 14.1. The van der Waals surface area contributed by atoms with Crippen molar-refractivity contribution < 1.29 is 14.3 Å². The zero-order valence-corrected chi connectivity index (χ0v) is 19.3. The lowest BCUT2D eigenvalue weighted by Crippen LogP contribution is -2.55.